The van der Waals surface area contributed by atoms with E-state index in [0.29, 0.717) is 15.7 Å². The molecular weight excluding hydrogens is 301 g/mol. The van der Waals surface area contributed by atoms with Crippen LogP contribution < -0.4 is 0 Å². The van der Waals surface area contributed by atoms with Crippen molar-refractivity contribution in [2.75, 3.05) is 6.61 Å². The van der Waals surface area contributed by atoms with Crippen molar-refractivity contribution in [1.29, 1.82) is 5.26 Å². The fourth-order valence-corrected chi connectivity index (χ4v) is 2.19. The summed E-state index contributed by atoms with van der Waals surface area (Å²) in [6, 6.07) is 6.69. The van der Waals surface area contributed by atoms with E-state index in [1.165, 1.54) is 10.9 Å². The number of nitriles is 1. The summed E-state index contributed by atoms with van der Waals surface area (Å²) < 4.78 is 6.17. The van der Waals surface area contributed by atoms with E-state index >= 15 is 0 Å². The first kappa shape index (κ1) is 14.4. The van der Waals surface area contributed by atoms with Crippen LogP contribution in [0.5, 0.6) is 0 Å². The number of rotatable bonds is 3. The topological polar surface area (TPSA) is 67.9 Å². The van der Waals surface area contributed by atoms with E-state index in [2.05, 4.69) is 5.10 Å². The van der Waals surface area contributed by atoms with Crippen LogP contribution in [0.25, 0.3) is 5.69 Å². The number of nitrogens with zero attached hydrogens (tertiary/aromatic N) is 3. The van der Waals surface area contributed by atoms with E-state index in [0.717, 1.165) is 0 Å². The van der Waals surface area contributed by atoms with Crippen molar-refractivity contribution in [3.05, 3.63) is 45.7 Å². The van der Waals surface area contributed by atoms with Gasteiger partial charge in [0.1, 0.15) is 11.6 Å². The smallest absolute Gasteiger partial charge is 0.342 e. The highest BCUT2D eigenvalue weighted by atomic mass is 35.5. The fraction of sp³-hybridized carbons (Fsp3) is 0.154. The number of carbonyl (C=O) groups is 1. The number of carbonyl (C=O) groups excluding carboxylic acids is 1. The van der Waals surface area contributed by atoms with E-state index in [9.17, 15) is 10.1 Å². The van der Waals surface area contributed by atoms with Gasteiger partial charge in [0, 0.05) is 10.0 Å². The van der Waals surface area contributed by atoms with Crippen LogP contribution in [-0.2, 0) is 4.74 Å². The second-order valence-electron chi connectivity index (χ2n) is 3.78. The summed E-state index contributed by atoms with van der Waals surface area (Å²) in [5.74, 6) is -0.594. The van der Waals surface area contributed by atoms with Gasteiger partial charge in [0.2, 0.25) is 0 Å². The Morgan fingerprint density at radius 1 is 1.40 bits per heavy atom. The molecule has 1 heterocycles. The maximum Gasteiger partial charge on any atom is 0.342 e. The van der Waals surface area contributed by atoms with E-state index in [-0.39, 0.29) is 17.9 Å². The minimum atomic E-state index is -0.594. The standard InChI is InChI=1S/C13H9Cl2N3O2/c1-2-20-13(19)11-7-17-18(12(11)6-16)10-4-8(14)3-9(15)5-10/h3-5,7H,2H2,1H3. The van der Waals surface area contributed by atoms with Crippen LogP contribution >= 0.6 is 23.2 Å². The predicted molar refractivity (Wildman–Crippen MR) is 74.3 cm³/mol. The zero-order valence-corrected chi connectivity index (χ0v) is 11.9. The van der Waals surface area contributed by atoms with Gasteiger partial charge in [-0.05, 0) is 25.1 Å². The van der Waals surface area contributed by atoms with Crippen LogP contribution in [0.2, 0.25) is 10.0 Å². The van der Waals surface area contributed by atoms with Gasteiger partial charge in [-0.25, -0.2) is 9.48 Å². The molecule has 0 fully saturated rings. The summed E-state index contributed by atoms with van der Waals surface area (Å²) >= 11 is 11.8. The summed E-state index contributed by atoms with van der Waals surface area (Å²) in [4.78, 5) is 11.7. The number of hydrogen-bond donors (Lipinski definition) is 0. The number of ether oxygens (including phenoxy) is 1. The molecule has 5 nitrogen and oxygen atoms in total. The second kappa shape index (κ2) is 5.95. The Kier molecular flexibility index (Phi) is 4.28. The third kappa shape index (κ3) is 2.77. The molecular formula is C13H9Cl2N3O2. The molecule has 0 aliphatic rings. The maximum atomic E-state index is 11.7. The number of hydrogen-bond acceptors (Lipinski definition) is 4. The Balaban J connectivity index is 2.53. The van der Waals surface area contributed by atoms with Gasteiger partial charge in [-0.2, -0.15) is 10.4 Å². The monoisotopic (exact) mass is 309 g/mol. The van der Waals surface area contributed by atoms with Gasteiger partial charge < -0.3 is 4.74 Å². The van der Waals surface area contributed by atoms with Crippen LogP contribution in [0.3, 0.4) is 0 Å². The van der Waals surface area contributed by atoms with E-state index in [1.807, 2.05) is 6.07 Å². The molecule has 0 spiro atoms. The molecule has 1 aromatic heterocycles. The van der Waals surface area contributed by atoms with Gasteiger partial charge in [0.05, 0.1) is 18.5 Å². The number of halogens is 2. The van der Waals surface area contributed by atoms with Crippen molar-refractivity contribution in [1.82, 2.24) is 9.78 Å². The Labute approximate surface area is 125 Å². The van der Waals surface area contributed by atoms with Crippen LogP contribution in [0.4, 0.5) is 0 Å². The van der Waals surface area contributed by atoms with E-state index < -0.39 is 5.97 Å². The van der Waals surface area contributed by atoms with Crippen LogP contribution in [-0.4, -0.2) is 22.4 Å². The first-order chi connectivity index (χ1) is 9.56. The van der Waals surface area contributed by atoms with Gasteiger partial charge >= 0.3 is 5.97 Å². The quantitative estimate of drug-likeness (QED) is 0.816. The van der Waals surface area contributed by atoms with Crippen molar-refractivity contribution >= 4 is 29.2 Å². The van der Waals surface area contributed by atoms with Gasteiger partial charge in [0.25, 0.3) is 0 Å². The number of esters is 1. The Hall–Kier alpha value is -2.03. The normalized spacial score (nSPS) is 10.1. The minimum Gasteiger partial charge on any atom is -0.462 e. The van der Waals surface area contributed by atoms with Crippen molar-refractivity contribution in [3.63, 3.8) is 0 Å². The van der Waals surface area contributed by atoms with E-state index in [4.69, 9.17) is 27.9 Å². The van der Waals surface area contributed by atoms with Gasteiger partial charge in [0.15, 0.2) is 5.69 Å². The lowest BCUT2D eigenvalue weighted by Crippen LogP contribution is -2.07. The molecule has 0 aliphatic heterocycles. The SMILES string of the molecule is CCOC(=O)c1cnn(-c2cc(Cl)cc(Cl)c2)c1C#N. The third-order valence-electron chi connectivity index (χ3n) is 2.46. The number of benzene rings is 1. The molecule has 1 aromatic carbocycles. The lowest BCUT2D eigenvalue weighted by Gasteiger charge is -2.05. The highest BCUT2D eigenvalue weighted by Crippen LogP contribution is 2.23. The summed E-state index contributed by atoms with van der Waals surface area (Å²) in [5.41, 5.74) is 0.668. The van der Waals surface area contributed by atoms with Crippen molar-refractivity contribution in [3.8, 4) is 11.8 Å². The zero-order chi connectivity index (χ0) is 14.7. The van der Waals surface area contributed by atoms with Crippen LogP contribution in [0.15, 0.2) is 24.4 Å². The Morgan fingerprint density at radius 3 is 2.60 bits per heavy atom. The zero-order valence-electron chi connectivity index (χ0n) is 10.4. The van der Waals surface area contributed by atoms with Gasteiger partial charge in [-0.3, -0.25) is 0 Å². The molecule has 0 bridgehead atoms. The third-order valence-corrected chi connectivity index (χ3v) is 2.90. The fourth-order valence-electron chi connectivity index (χ4n) is 1.67. The molecule has 0 amide bonds. The van der Waals surface area contributed by atoms with E-state index in [1.54, 1.807) is 25.1 Å². The molecule has 0 aliphatic carbocycles. The largest absolute Gasteiger partial charge is 0.462 e. The molecule has 2 aromatic rings. The average Bonchev–Trinajstić information content (AvgIpc) is 2.81. The molecule has 0 N–H and O–H groups in total. The van der Waals surface area contributed by atoms with Crippen molar-refractivity contribution in [2.24, 2.45) is 0 Å². The van der Waals surface area contributed by atoms with Crippen molar-refractivity contribution < 1.29 is 9.53 Å². The predicted octanol–water partition coefficient (Wildman–Crippen LogP) is 3.23. The molecule has 7 heteroatoms. The molecule has 0 radical (unpaired) electrons. The summed E-state index contributed by atoms with van der Waals surface area (Å²) in [6.45, 7) is 1.91. The molecule has 102 valence electrons. The van der Waals surface area contributed by atoms with Crippen LogP contribution in [0, 0.1) is 11.3 Å². The minimum absolute atomic E-state index is 0.0711. The lowest BCUT2D eigenvalue weighted by molar-refractivity contribution is 0.0526. The maximum absolute atomic E-state index is 11.7. The summed E-state index contributed by atoms with van der Waals surface area (Å²) in [6.07, 6.45) is 1.28. The molecule has 0 unspecified atom stereocenters. The molecule has 20 heavy (non-hydrogen) atoms. The Bertz CT molecular complexity index is 684. The highest BCUT2D eigenvalue weighted by molar-refractivity contribution is 6.34. The van der Waals surface area contributed by atoms with Gasteiger partial charge in [-0.15, -0.1) is 0 Å². The first-order valence-electron chi connectivity index (χ1n) is 5.68. The van der Waals surface area contributed by atoms with Gasteiger partial charge in [-0.1, -0.05) is 23.2 Å². The molecule has 0 saturated heterocycles. The van der Waals surface area contributed by atoms with Crippen LogP contribution in [0.1, 0.15) is 23.0 Å². The second-order valence-corrected chi connectivity index (χ2v) is 4.65. The highest BCUT2D eigenvalue weighted by Gasteiger charge is 2.19. The molecule has 2 rings (SSSR count). The summed E-state index contributed by atoms with van der Waals surface area (Å²) in [7, 11) is 0. The average molecular weight is 310 g/mol. The summed E-state index contributed by atoms with van der Waals surface area (Å²) in [5, 5.41) is 14.1. The Morgan fingerprint density at radius 2 is 2.05 bits per heavy atom. The van der Waals surface area contributed by atoms with Crippen molar-refractivity contribution in [2.45, 2.75) is 6.92 Å². The lowest BCUT2D eigenvalue weighted by atomic mass is 10.2. The molecule has 0 saturated carbocycles. The number of aromatic nitrogens is 2. The first-order valence-corrected chi connectivity index (χ1v) is 6.44. The molecule has 0 atom stereocenters.